The van der Waals surface area contributed by atoms with Gasteiger partial charge in [0.15, 0.2) is 0 Å². The summed E-state index contributed by atoms with van der Waals surface area (Å²) in [5.41, 5.74) is 0.122. The van der Waals surface area contributed by atoms with Crippen molar-refractivity contribution in [2.45, 2.75) is 71.1 Å². The second kappa shape index (κ2) is 14.0. The van der Waals surface area contributed by atoms with Crippen molar-refractivity contribution >= 4 is 17.7 Å². The summed E-state index contributed by atoms with van der Waals surface area (Å²) < 4.78 is 4.46. The Morgan fingerprint density at radius 1 is 0.913 bits per heavy atom. The van der Waals surface area contributed by atoms with Gasteiger partial charge in [-0.2, -0.15) is 0 Å². The molecular weight excluding hydrogens is 294 g/mol. The Balaban J connectivity index is 3.60. The number of amides is 1. The zero-order chi connectivity index (χ0) is 17.5. The van der Waals surface area contributed by atoms with E-state index >= 15 is 0 Å². The average Bonchev–Trinajstić information content (AvgIpc) is 2.56. The molecule has 5 heteroatoms. The predicted octanol–water partition coefficient (Wildman–Crippen LogP) is 3.32. The van der Waals surface area contributed by atoms with Gasteiger partial charge in [0.25, 0.3) is 5.91 Å². The van der Waals surface area contributed by atoms with Gasteiger partial charge in [-0.1, -0.05) is 64.9 Å². The van der Waals surface area contributed by atoms with Crippen LogP contribution in [-0.2, 0) is 19.1 Å². The average molecular weight is 325 g/mol. The van der Waals surface area contributed by atoms with Gasteiger partial charge in [-0.15, -0.1) is 0 Å². The van der Waals surface area contributed by atoms with E-state index in [4.69, 9.17) is 0 Å². The molecule has 5 nitrogen and oxygen atoms in total. The highest BCUT2D eigenvalue weighted by Gasteiger charge is 2.14. The molecule has 0 atom stereocenters. The number of ether oxygens (including phenoxy) is 1. The Kier molecular flexibility index (Phi) is 13.0. The summed E-state index contributed by atoms with van der Waals surface area (Å²) >= 11 is 0. The van der Waals surface area contributed by atoms with Crippen molar-refractivity contribution in [3.8, 4) is 0 Å². The lowest BCUT2D eigenvalue weighted by molar-refractivity contribution is -0.138. The van der Waals surface area contributed by atoms with Gasteiger partial charge < -0.3 is 10.1 Å². The highest BCUT2D eigenvalue weighted by atomic mass is 16.5. The third-order valence-corrected chi connectivity index (χ3v) is 3.70. The van der Waals surface area contributed by atoms with Crippen molar-refractivity contribution in [2.24, 2.45) is 0 Å². The van der Waals surface area contributed by atoms with E-state index in [2.05, 4.69) is 23.6 Å². The van der Waals surface area contributed by atoms with E-state index in [1.54, 1.807) is 0 Å². The molecule has 1 N–H and O–H groups in total. The molecule has 0 aromatic heterocycles. The quantitative estimate of drug-likeness (QED) is 0.230. The molecule has 0 bridgehead atoms. The van der Waals surface area contributed by atoms with Gasteiger partial charge in [-0.3, -0.25) is 9.59 Å². The molecule has 0 aromatic carbocycles. The normalized spacial score (nSPS) is 10.2. The SMILES string of the molecule is C=C(CNC(=O)C(=O)CCCCCCCCCCC)C(=O)OC. The molecule has 0 fully saturated rings. The smallest absolute Gasteiger partial charge is 0.334 e. The van der Waals surface area contributed by atoms with Gasteiger partial charge in [0.1, 0.15) is 0 Å². The molecule has 0 unspecified atom stereocenters. The maximum atomic E-state index is 11.6. The van der Waals surface area contributed by atoms with Gasteiger partial charge in [-0.05, 0) is 6.42 Å². The van der Waals surface area contributed by atoms with Gasteiger partial charge in [0.05, 0.1) is 7.11 Å². The fourth-order valence-electron chi connectivity index (χ4n) is 2.21. The van der Waals surface area contributed by atoms with Crippen molar-refractivity contribution in [1.29, 1.82) is 0 Å². The fourth-order valence-corrected chi connectivity index (χ4v) is 2.21. The molecule has 23 heavy (non-hydrogen) atoms. The minimum atomic E-state index is -0.658. The standard InChI is InChI=1S/C18H31NO4/c1-4-5-6-7-8-9-10-11-12-13-16(20)17(21)19-14-15(2)18(22)23-3/h2,4-14H2,1,3H3,(H,19,21). The number of Topliss-reactive ketones (excluding diaryl/α,β-unsaturated/α-hetero) is 1. The van der Waals surface area contributed by atoms with E-state index in [0.717, 1.165) is 19.3 Å². The molecule has 0 aromatic rings. The number of hydrogen-bond donors (Lipinski definition) is 1. The van der Waals surface area contributed by atoms with E-state index < -0.39 is 17.7 Å². The Morgan fingerprint density at radius 2 is 1.43 bits per heavy atom. The van der Waals surface area contributed by atoms with Crippen LogP contribution < -0.4 is 5.32 Å². The van der Waals surface area contributed by atoms with Crippen molar-refractivity contribution in [1.82, 2.24) is 5.32 Å². The van der Waals surface area contributed by atoms with Crippen molar-refractivity contribution in [2.75, 3.05) is 13.7 Å². The fraction of sp³-hybridized carbons (Fsp3) is 0.722. The van der Waals surface area contributed by atoms with Crippen molar-refractivity contribution in [3.05, 3.63) is 12.2 Å². The topological polar surface area (TPSA) is 72.5 Å². The first-order valence-corrected chi connectivity index (χ1v) is 8.60. The first-order chi connectivity index (χ1) is 11.0. The lowest BCUT2D eigenvalue weighted by Crippen LogP contribution is -2.33. The summed E-state index contributed by atoms with van der Waals surface area (Å²) in [5.74, 6) is -1.68. The maximum absolute atomic E-state index is 11.6. The number of carbonyl (C=O) groups excluding carboxylic acids is 3. The molecule has 0 aliphatic heterocycles. The number of rotatable bonds is 14. The molecule has 0 saturated carbocycles. The van der Waals surface area contributed by atoms with E-state index in [9.17, 15) is 14.4 Å². The van der Waals surface area contributed by atoms with Crippen molar-refractivity contribution in [3.63, 3.8) is 0 Å². The maximum Gasteiger partial charge on any atom is 0.334 e. The molecule has 0 saturated heterocycles. The highest BCUT2D eigenvalue weighted by molar-refractivity contribution is 6.36. The lowest BCUT2D eigenvalue weighted by Gasteiger charge is -2.06. The highest BCUT2D eigenvalue weighted by Crippen LogP contribution is 2.10. The van der Waals surface area contributed by atoms with Crippen molar-refractivity contribution < 1.29 is 19.1 Å². The van der Waals surface area contributed by atoms with Gasteiger partial charge in [0, 0.05) is 18.5 Å². The summed E-state index contributed by atoms with van der Waals surface area (Å²) in [6, 6.07) is 0. The summed E-state index contributed by atoms with van der Waals surface area (Å²) in [6.45, 7) is 5.62. The number of hydrogen-bond acceptors (Lipinski definition) is 4. The number of nitrogens with one attached hydrogen (secondary N) is 1. The van der Waals surface area contributed by atoms with E-state index in [1.165, 1.54) is 45.6 Å². The molecule has 132 valence electrons. The minimum Gasteiger partial charge on any atom is -0.466 e. The molecule has 0 aliphatic rings. The summed E-state index contributed by atoms with van der Waals surface area (Å²) in [5, 5.41) is 2.39. The largest absolute Gasteiger partial charge is 0.466 e. The van der Waals surface area contributed by atoms with Crippen LogP contribution in [0.2, 0.25) is 0 Å². The number of methoxy groups -OCH3 is 1. The molecule has 0 spiro atoms. The Hall–Kier alpha value is -1.65. The second-order valence-corrected chi connectivity index (χ2v) is 5.78. The van der Waals surface area contributed by atoms with Crippen LogP contribution in [0.5, 0.6) is 0 Å². The zero-order valence-corrected chi connectivity index (χ0v) is 14.6. The summed E-state index contributed by atoms with van der Waals surface area (Å²) in [4.78, 5) is 34.3. The van der Waals surface area contributed by atoms with Crippen LogP contribution >= 0.6 is 0 Å². The van der Waals surface area contributed by atoms with E-state index in [1.807, 2.05) is 0 Å². The van der Waals surface area contributed by atoms with Gasteiger partial charge in [0.2, 0.25) is 5.78 Å². The number of ketones is 1. The molecule has 1 amide bonds. The van der Waals surface area contributed by atoms with Crippen LogP contribution in [0.4, 0.5) is 0 Å². The van der Waals surface area contributed by atoms with Crippen LogP contribution in [0.1, 0.15) is 71.1 Å². The van der Waals surface area contributed by atoms with Gasteiger partial charge >= 0.3 is 5.97 Å². The van der Waals surface area contributed by atoms with Crippen LogP contribution in [0.15, 0.2) is 12.2 Å². The third-order valence-electron chi connectivity index (χ3n) is 3.70. The van der Waals surface area contributed by atoms with Crippen LogP contribution in [0, 0.1) is 0 Å². The Bertz CT molecular complexity index is 390. The number of esters is 1. The predicted molar refractivity (Wildman–Crippen MR) is 91.0 cm³/mol. The Morgan fingerprint density at radius 3 is 1.96 bits per heavy atom. The van der Waals surface area contributed by atoms with E-state index in [0.29, 0.717) is 0 Å². The first-order valence-electron chi connectivity index (χ1n) is 8.60. The van der Waals surface area contributed by atoms with Crippen LogP contribution in [0.25, 0.3) is 0 Å². The first kappa shape index (κ1) is 21.4. The second-order valence-electron chi connectivity index (χ2n) is 5.78. The van der Waals surface area contributed by atoms with Crippen LogP contribution in [0.3, 0.4) is 0 Å². The number of carbonyl (C=O) groups is 3. The zero-order valence-electron chi connectivity index (χ0n) is 14.6. The molecule has 0 radical (unpaired) electrons. The van der Waals surface area contributed by atoms with E-state index in [-0.39, 0.29) is 18.5 Å². The van der Waals surface area contributed by atoms with Crippen LogP contribution in [-0.4, -0.2) is 31.3 Å². The molecular formula is C18H31NO4. The Labute approximate surface area is 139 Å². The molecule has 0 heterocycles. The molecule has 0 aliphatic carbocycles. The van der Waals surface area contributed by atoms with Gasteiger partial charge in [-0.25, -0.2) is 4.79 Å². The monoisotopic (exact) mass is 325 g/mol. The lowest BCUT2D eigenvalue weighted by atomic mass is 10.1. The summed E-state index contributed by atoms with van der Waals surface area (Å²) in [6.07, 6.45) is 10.7. The number of unbranched alkanes of at least 4 members (excludes halogenated alkanes) is 8. The minimum absolute atomic E-state index is 0.0605. The third kappa shape index (κ3) is 11.6. The molecule has 0 rings (SSSR count). The summed E-state index contributed by atoms with van der Waals surface area (Å²) in [7, 11) is 1.24.